The molecule has 0 aromatic carbocycles. The fraction of sp³-hybridized carbons (Fsp3) is 0.778. The Morgan fingerprint density at radius 1 is 1.42 bits per heavy atom. The van der Waals surface area contributed by atoms with Crippen LogP contribution in [0.1, 0.15) is 43.0 Å². The number of hydrogen-bond acceptors (Lipinski definition) is 5. The summed E-state index contributed by atoms with van der Waals surface area (Å²) in [5, 5.41) is 7.84. The van der Waals surface area contributed by atoms with Crippen molar-refractivity contribution in [2.24, 2.45) is 4.99 Å². The van der Waals surface area contributed by atoms with Crippen LogP contribution < -0.4 is 10.6 Å². The maximum absolute atomic E-state index is 5.67. The Hall–Kier alpha value is -0.450. The van der Waals surface area contributed by atoms with E-state index in [9.17, 15) is 0 Å². The van der Waals surface area contributed by atoms with E-state index in [-0.39, 0.29) is 24.0 Å². The standard InChI is InChI=1S/C18H32N4O2S.HI/c1-3-16-13-22-17(25-16)8-10-21-18(19-4-2)20-9-6-11-23-14-15-7-5-12-24-15;/h13,15H,3-12,14H2,1-2H3,(H2,19,20,21);1H. The number of guanidine groups is 1. The van der Waals surface area contributed by atoms with E-state index in [1.165, 1.54) is 9.88 Å². The van der Waals surface area contributed by atoms with Crippen molar-refractivity contribution >= 4 is 41.3 Å². The summed E-state index contributed by atoms with van der Waals surface area (Å²) in [4.78, 5) is 10.4. The van der Waals surface area contributed by atoms with Gasteiger partial charge in [0.1, 0.15) is 0 Å². The molecule has 0 radical (unpaired) electrons. The molecule has 0 bridgehead atoms. The Morgan fingerprint density at radius 2 is 2.31 bits per heavy atom. The van der Waals surface area contributed by atoms with E-state index in [1.54, 1.807) is 11.3 Å². The first-order valence-corrected chi connectivity index (χ1v) is 10.3. The molecule has 6 nitrogen and oxygen atoms in total. The van der Waals surface area contributed by atoms with Crippen LogP contribution in [0.15, 0.2) is 11.2 Å². The van der Waals surface area contributed by atoms with Crippen molar-refractivity contribution in [3.8, 4) is 0 Å². The van der Waals surface area contributed by atoms with Crippen LogP contribution in [0.3, 0.4) is 0 Å². The van der Waals surface area contributed by atoms with Crippen LogP contribution in [-0.2, 0) is 22.3 Å². The molecule has 2 N–H and O–H groups in total. The van der Waals surface area contributed by atoms with E-state index in [0.717, 1.165) is 77.5 Å². The number of aryl methyl sites for hydroxylation is 1. The maximum Gasteiger partial charge on any atom is 0.191 e. The quantitative estimate of drug-likeness (QED) is 0.214. The lowest BCUT2D eigenvalue weighted by Gasteiger charge is -2.11. The zero-order chi connectivity index (χ0) is 17.7. The summed E-state index contributed by atoms with van der Waals surface area (Å²) in [6.07, 6.45) is 7.50. The molecule has 2 heterocycles. The maximum atomic E-state index is 5.67. The number of aliphatic imine (C=N–C) groups is 1. The van der Waals surface area contributed by atoms with Crippen molar-refractivity contribution in [1.82, 2.24) is 15.6 Å². The average molecular weight is 496 g/mol. The third-order valence-electron chi connectivity index (χ3n) is 3.97. The van der Waals surface area contributed by atoms with Crippen molar-refractivity contribution in [2.45, 2.75) is 52.1 Å². The van der Waals surface area contributed by atoms with Gasteiger partial charge in [-0.25, -0.2) is 4.98 Å². The van der Waals surface area contributed by atoms with Crippen LogP contribution in [0, 0.1) is 0 Å². The van der Waals surface area contributed by atoms with Gasteiger partial charge in [0.25, 0.3) is 0 Å². The Morgan fingerprint density at radius 3 is 3.00 bits per heavy atom. The number of hydrogen-bond donors (Lipinski definition) is 2. The average Bonchev–Trinajstić information content (AvgIpc) is 3.29. The minimum absolute atomic E-state index is 0. The number of rotatable bonds is 11. The second kappa shape index (κ2) is 14.6. The number of thiazole rings is 1. The summed E-state index contributed by atoms with van der Waals surface area (Å²) in [5.41, 5.74) is 0. The molecule has 2 rings (SSSR count). The molecule has 0 spiro atoms. The van der Waals surface area contributed by atoms with E-state index in [4.69, 9.17) is 9.47 Å². The summed E-state index contributed by atoms with van der Waals surface area (Å²) in [5.74, 6) is 0.869. The Labute approximate surface area is 178 Å². The number of ether oxygens (including phenoxy) is 2. The first-order valence-electron chi connectivity index (χ1n) is 9.47. The van der Waals surface area contributed by atoms with Crippen molar-refractivity contribution in [3.05, 3.63) is 16.1 Å². The van der Waals surface area contributed by atoms with E-state index >= 15 is 0 Å². The first kappa shape index (κ1) is 23.6. The second-order valence-corrected chi connectivity index (χ2v) is 7.27. The predicted octanol–water partition coefficient (Wildman–Crippen LogP) is 3.01. The van der Waals surface area contributed by atoms with Gasteiger partial charge in [-0.15, -0.1) is 35.3 Å². The largest absolute Gasteiger partial charge is 0.379 e. The fourth-order valence-electron chi connectivity index (χ4n) is 2.60. The Kier molecular flexibility index (Phi) is 13.2. The van der Waals surface area contributed by atoms with Crippen LogP contribution in [-0.4, -0.2) is 56.5 Å². The van der Waals surface area contributed by atoms with E-state index in [1.807, 2.05) is 6.20 Å². The van der Waals surface area contributed by atoms with Gasteiger partial charge in [0.2, 0.25) is 0 Å². The summed E-state index contributed by atoms with van der Waals surface area (Å²) in [6.45, 7) is 9.05. The van der Waals surface area contributed by atoms with Crippen LogP contribution in [0.4, 0.5) is 0 Å². The normalized spacial score (nSPS) is 17.2. The summed E-state index contributed by atoms with van der Waals surface area (Å²) in [7, 11) is 0. The molecule has 0 aliphatic carbocycles. The van der Waals surface area contributed by atoms with E-state index in [2.05, 4.69) is 34.5 Å². The van der Waals surface area contributed by atoms with Gasteiger partial charge in [-0.1, -0.05) is 6.92 Å². The lowest BCUT2D eigenvalue weighted by atomic mass is 10.2. The molecule has 1 saturated heterocycles. The number of halogens is 1. The van der Waals surface area contributed by atoms with Gasteiger partial charge >= 0.3 is 0 Å². The number of nitrogens with one attached hydrogen (secondary N) is 2. The highest BCUT2D eigenvalue weighted by Gasteiger charge is 2.14. The molecule has 1 atom stereocenters. The van der Waals surface area contributed by atoms with Gasteiger partial charge in [-0.2, -0.15) is 0 Å². The van der Waals surface area contributed by atoms with E-state index in [0.29, 0.717) is 6.10 Å². The van der Waals surface area contributed by atoms with Crippen LogP contribution >= 0.6 is 35.3 Å². The molecule has 1 fully saturated rings. The molecule has 26 heavy (non-hydrogen) atoms. The molecular weight excluding hydrogens is 463 g/mol. The van der Waals surface area contributed by atoms with Crippen molar-refractivity contribution < 1.29 is 9.47 Å². The van der Waals surface area contributed by atoms with Crippen LogP contribution in [0.5, 0.6) is 0 Å². The third kappa shape index (κ3) is 9.48. The molecule has 1 aliphatic rings. The smallest absolute Gasteiger partial charge is 0.191 e. The van der Waals surface area contributed by atoms with Gasteiger partial charge < -0.3 is 20.1 Å². The fourth-order valence-corrected chi connectivity index (χ4v) is 3.47. The molecule has 1 aromatic rings. The van der Waals surface area contributed by atoms with Crippen molar-refractivity contribution in [1.29, 1.82) is 0 Å². The predicted molar refractivity (Wildman–Crippen MR) is 119 cm³/mol. The lowest BCUT2D eigenvalue weighted by Crippen LogP contribution is -2.38. The van der Waals surface area contributed by atoms with Gasteiger partial charge in [-0.05, 0) is 32.6 Å². The van der Waals surface area contributed by atoms with Gasteiger partial charge in [0.15, 0.2) is 5.96 Å². The minimum atomic E-state index is 0. The molecule has 150 valence electrons. The highest BCUT2D eigenvalue weighted by atomic mass is 127. The minimum Gasteiger partial charge on any atom is -0.379 e. The number of nitrogens with zero attached hydrogens (tertiary/aromatic N) is 2. The van der Waals surface area contributed by atoms with Gasteiger partial charge in [0.05, 0.1) is 17.7 Å². The molecule has 0 saturated carbocycles. The van der Waals surface area contributed by atoms with Gasteiger partial charge in [-0.3, -0.25) is 4.99 Å². The molecule has 8 heteroatoms. The van der Waals surface area contributed by atoms with E-state index < -0.39 is 0 Å². The third-order valence-corrected chi connectivity index (χ3v) is 5.17. The van der Waals surface area contributed by atoms with Crippen molar-refractivity contribution in [2.75, 3.05) is 39.5 Å². The van der Waals surface area contributed by atoms with Crippen LogP contribution in [0.25, 0.3) is 0 Å². The Balaban J connectivity index is 0.00000338. The van der Waals surface area contributed by atoms with Crippen LogP contribution in [0.2, 0.25) is 0 Å². The van der Waals surface area contributed by atoms with Crippen molar-refractivity contribution in [3.63, 3.8) is 0 Å². The number of aromatic nitrogens is 1. The zero-order valence-corrected chi connectivity index (χ0v) is 19.1. The monoisotopic (exact) mass is 496 g/mol. The zero-order valence-electron chi connectivity index (χ0n) is 16.0. The first-order chi connectivity index (χ1) is 12.3. The lowest BCUT2D eigenvalue weighted by molar-refractivity contribution is 0.0171. The Bertz CT molecular complexity index is 507. The summed E-state index contributed by atoms with van der Waals surface area (Å²) in [6, 6.07) is 0. The molecule has 0 amide bonds. The highest BCUT2D eigenvalue weighted by molar-refractivity contribution is 14.0. The highest BCUT2D eigenvalue weighted by Crippen LogP contribution is 2.13. The van der Waals surface area contributed by atoms with Gasteiger partial charge in [0, 0.05) is 50.3 Å². The topological polar surface area (TPSA) is 67.8 Å². The molecular formula is C18H33IN4O2S. The summed E-state index contributed by atoms with van der Waals surface area (Å²) >= 11 is 1.80. The SMILES string of the molecule is CCNC(=NCCCOCC1CCCO1)NCCc1ncc(CC)s1.I. The molecule has 1 aliphatic heterocycles. The summed E-state index contributed by atoms with van der Waals surface area (Å²) < 4.78 is 11.2. The molecule has 1 aromatic heterocycles. The molecule has 1 unspecified atom stereocenters. The second-order valence-electron chi connectivity index (χ2n) is 6.07.